The lowest BCUT2D eigenvalue weighted by molar-refractivity contribution is -0.903. The fourth-order valence-electron chi connectivity index (χ4n) is 1.76. The van der Waals surface area contributed by atoms with Crippen molar-refractivity contribution in [1.29, 1.82) is 0 Å². The summed E-state index contributed by atoms with van der Waals surface area (Å²) in [6.07, 6.45) is 1.25. The SMILES string of the molecule is CCC[N+](C)(C)Cc1ccccc1.[I-]. The Bertz CT molecular complexity index is 244. The molecule has 0 heterocycles. The van der Waals surface area contributed by atoms with Gasteiger partial charge >= 0.3 is 0 Å². The Morgan fingerprint density at radius 1 is 1.07 bits per heavy atom. The quantitative estimate of drug-likeness (QED) is 0.528. The van der Waals surface area contributed by atoms with E-state index in [9.17, 15) is 0 Å². The van der Waals surface area contributed by atoms with E-state index in [1.54, 1.807) is 0 Å². The molecule has 1 aromatic carbocycles. The van der Waals surface area contributed by atoms with Crippen LogP contribution in [0.25, 0.3) is 0 Å². The highest BCUT2D eigenvalue weighted by Crippen LogP contribution is 2.09. The molecule has 0 amide bonds. The molecule has 0 bridgehead atoms. The highest BCUT2D eigenvalue weighted by molar-refractivity contribution is 5.13. The summed E-state index contributed by atoms with van der Waals surface area (Å²) in [5.41, 5.74) is 1.43. The molecule has 0 aliphatic carbocycles. The van der Waals surface area contributed by atoms with Gasteiger partial charge in [-0.2, -0.15) is 0 Å². The normalized spacial score (nSPS) is 10.8. The lowest BCUT2D eigenvalue weighted by Crippen LogP contribution is -3.00. The molecule has 0 N–H and O–H groups in total. The second-order valence-corrected chi connectivity index (χ2v) is 4.30. The Morgan fingerprint density at radius 3 is 2.14 bits per heavy atom. The maximum absolute atomic E-state index is 2.29. The van der Waals surface area contributed by atoms with Gasteiger partial charge in [-0.25, -0.2) is 0 Å². The Hall–Kier alpha value is -0.0900. The Labute approximate surface area is 105 Å². The number of benzene rings is 1. The van der Waals surface area contributed by atoms with Crippen LogP contribution in [0.3, 0.4) is 0 Å². The standard InChI is InChI=1S/C12H20N.HI/c1-4-10-13(2,3)11-12-8-6-5-7-9-12;/h5-9H,4,10-11H2,1-3H3;1H/q+1;/p-1. The van der Waals surface area contributed by atoms with E-state index in [2.05, 4.69) is 51.4 Å². The Morgan fingerprint density at radius 2 is 1.64 bits per heavy atom. The molecule has 80 valence electrons. The van der Waals surface area contributed by atoms with Crippen LogP contribution in [0, 0.1) is 0 Å². The van der Waals surface area contributed by atoms with E-state index in [1.165, 1.54) is 18.5 Å². The van der Waals surface area contributed by atoms with Crippen LogP contribution in [0.5, 0.6) is 0 Å². The second kappa shape index (κ2) is 6.40. The summed E-state index contributed by atoms with van der Waals surface area (Å²) in [5.74, 6) is 0. The lowest BCUT2D eigenvalue weighted by atomic mass is 10.2. The molecule has 0 fully saturated rings. The van der Waals surface area contributed by atoms with Gasteiger partial charge < -0.3 is 28.5 Å². The van der Waals surface area contributed by atoms with Gasteiger partial charge in [0.2, 0.25) is 0 Å². The van der Waals surface area contributed by atoms with E-state index in [4.69, 9.17) is 0 Å². The fourth-order valence-corrected chi connectivity index (χ4v) is 1.76. The van der Waals surface area contributed by atoms with Crippen LogP contribution in [0.2, 0.25) is 0 Å². The predicted molar refractivity (Wildman–Crippen MR) is 57.4 cm³/mol. The van der Waals surface area contributed by atoms with Crippen LogP contribution < -0.4 is 24.0 Å². The van der Waals surface area contributed by atoms with E-state index in [1.807, 2.05) is 0 Å². The number of hydrogen-bond acceptors (Lipinski definition) is 0. The summed E-state index contributed by atoms with van der Waals surface area (Å²) < 4.78 is 1.08. The van der Waals surface area contributed by atoms with Gasteiger partial charge in [-0.05, 0) is 6.42 Å². The van der Waals surface area contributed by atoms with Gasteiger partial charge in [-0.3, -0.25) is 0 Å². The molecule has 0 spiro atoms. The van der Waals surface area contributed by atoms with Gasteiger partial charge in [0.1, 0.15) is 6.54 Å². The smallest absolute Gasteiger partial charge is 0.104 e. The second-order valence-electron chi connectivity index (χ2n) is 4.30. The van der Waals surface area contributed by atoms with Gasteiger partial charge in [-0.1, -0.05) is 37.3 Å². The maximum atomic E-state index is 2.29. The fraction of sp³-hybridized carbons (Fsp3) is 0.500. The summed E-state index contributed by atoms with van der Waals surface area (Å²) in [6, 6.07) is 10.7. The zero-order valence-corrected chi connectivity index (χ0v) is 11.5. The highest BCUT2D eigenvalue weighted by Gasteiger charge is 2.13. The van der Waals surface area contributed by atoms with Crippen molar-refractivity contribution in [3.63, 3.8) is 0 Å². The van der Waals surface area contributed by atoms with Gasteiger partial charge in [0.15, 0.2) is 0 Å². The van der Waals surface area contributed by atoms with Crippen molar-refractivity contribution in [3.05, 3.63) is 35.9 Å². The van der Waals surface area contributed by atoms with E-state index in [0.29, 0.717) is 0 Å². The average molecular weight is 305 g/mol. The molecule has 0 atom stereocenters. The largest absolute Gasteiger partial charge is 1.00 e. The molecule has 0 saturated carbocycles. The molecule has 0 radical (unpaired) electrons. The summed E-state index contributed by atoms with van der Waals surface area (Å²) in [4.78, 5) is 0. The van der Waals surface area contributed by atoms with Gasteiger partial charge in [-0.15, -0.1) is 0 Å². The summed E-state index contributed by atoms with van der Waals surface area (Å²) in [7, 11) is 4.58. The predicted octanol–water partition coefficient (Wildman–Crippen LogP) is -0.323. The molecule has 1 aromatic rings. The molecule has 0 aromatic heterocycles. The van der Waals surface area contributed by atoms with Crippen LogP contribution in [-0.2, 0) is 6.54 Å². The van der Waals surface area contributed by atoms with Crippen molar-refractivity contribution in [3.8, 4) is 0 Å². The monoisotopic (exact) mass is 305 g/mol. The number of rotatable bonds is 4. The topological polar surface area (TPSA) is 0 Å². The first kappa shape index (κ1) is 13.9. The van der Waals surface area contributed by atoms with Crippen molar-refractivity contribution in [2.24, 2.45) is 0 Å². The van der Waals surface area contributed by atoms with Crippen LogP contribution in [0.15, 0.2) is 30.3 Å². The third-order valence-electron chi connectivity index (χ3n) is 2.28. The van der Waals surface area contributed by atoms with E-state index < -0.39 is 0 Å². The van der Waals surface area contributed by atoms with Crippen LogP contribution >= 0.6 is 0 Å². The molecule has 0 saturated heterocycles. The van der Waals surface area contributed by atoms with Gasteiger partial charge in [0, 0.05) is 5.56 Å². The van der Waals surface area contributed by atoms with Crippen LogP contribution in [0.4, 0.5) is 0 Å². The molecule has 0 aliphatic rings. The van der Waals surface area contributed by atoms with Crippen molar-refractivity contribution in [1.82, 2.24) is 0 Å². The first-order chi connectivity index (χ1) is 6.14. The lowest BCUT2D eigenvalue weighted by Gasteiger charge is -2.29. The van der Waals surface area contributed by atoms with Gasteiger partial charge in [0.25, 0.3) is 0 Å². The molecular formula is C12H20IN. The Balaban J connectivity index is 0.00000169. The molecular weight excluding hydrogens is 285 g/mol. The minimum absolute atomic E-state index is 0. The number of hydrogen-bond donors (Lipinski definition) is 0. The average Bonchev–Trinajstić information content (AvgIpc) is 2.04. The zero-order valence-electron chi connectivity index (χ0n) is 9.33. The van der Waals surface area contributed by atoms with Crippen LogP contribution in [0.1, 0.15) is 18.9 Å². The highest BCUT2D eigenvalue weighted by atomic mass is 127. The number of halogens is 1. The van der Waals surface area contributed by atoms with Crippen molar-refractivity contribution < 1.29 is 28.5 Å². The first-order valence-corrected chi connectivity index (χ1v) is 5.00. The van der Waals surface area contributed by atoms with Crippen molar-refractivity contribution >= 4 is 0 Å². The van der Waals surface area contributed by atoms with E-state index >= 15 is 0 Å². The summed E-state index contributed by atoms with van der Waals surface area (Å²) >= 11 is 0. The maximum Gasteiger partial charge on any atom is 0.104 e. The van der Waals surface area contributed by atoms with E-state index in [0.717, 1.165) is 11.0 Å². The van der Waals surface area contributed by atoms with E-state index in [-0.39, 0.29) is 24.0 Å². The minimum Gasteiger partial charge on any atom is -1.00 e. The molecule has 1 rings (SSSR count). The molecule has 1 nitrogen and oxygen atoms in total. The first-order valence-electron chi connectivity index (χ1n) is 5.00. The Kier molecular flexibility index (Phi) is 6.36. The number of quaternary nitrogens is 1. The zero-order chi connectivity index (χ0) is 9.73. The third kappa shape index (κ3) is 4.96. The number of nitrogens with zero attached hydrogens (tertiary/aromatic N) is 1. The molecule has 0 aliphatic heterocycles. The molecule has 2 heteroatoms. The van der Waals surface area contributed by atoms with Crippen LogP contribution in [-0.4, -0.2) is 25.1 Å². The van der Waals surface area contributed by atoms with Crippen molar-refractivity contribution in [2.45, 2.75) is 19.9 Å². The molecule has 14 heavy (non-hydrogen) atoms. The molecule has 0 unspecified atom stereocenters. The summed E-state index contributed by atoms with van der Waals surface area (Å²) in [6.45, 7) is 4.62. The summed E-state index contributed by atoms with van der Waals surface area (Å²) in [5, 5.41) is 0. The van der Waals surface area contributed by atoms with Gasteiger partial charge in [0.05, 0.1) is 20.6 Å². The van der Waals surface area contributed by atoms with Crippen molar-refractivity contribution in [2.75, 3.05) is 20.6 Å². The minimum atomic E-state index is 0. The third-order valence-corrected chi connectivity index (χ3v) is 2.28.